The number of benzene rings is 1. The van der Waals surface area contributed by atoms with Crippen LogP contribution in [0.3, 0.4) is 0 Å². The smallest absolute Gasteiger partial charge is 0.330 e. The number of halogens is 1. The third-order valence-corrected chi connectivity index (χ3v) is 2.87. The number of furan rings is 1. The van der Waals surface area contributed by atoms with E-state index in [0.717, 1.165) is 15.8 Å². The second kappa shape index (κ2) is 5.69. The molecule has 0 spiro atoms. The van der Waals surface area contributed by atoms with Gasteiger partial charge in [-0.1, -0.05) is 28.1 Å². The van der Waals surface area contributed by atoms with E-state index in [1.54, 1.807) is 12.1 Å². The van der Waals surface area contributed by atoms with Crippen LogP contribution in [-0.4, -0.2) is 13.1 Å². The number of hydrogen-bond donors (Lipinski definition) is 0. The van der Waals surface area contributed by atoms with Gasteiger partial charge in [0.15, 0.2) is 0 Å². The van der Waals surface area contributed by atoms with Crippen molar-refractivity contribution in [3.05, 3.63) is 52.7 Å². The van der Waals surface area contributed by atoms with Gasteiger partial charge in [0, 0.05) is 16.1 Å². The predicted molar refractivity (Wildman–Crippen MR) is 72.9 cm³/mol. The van der Waals surface area contributed by atoms with Gasteiger partial charge in [0.1, 0.15) is 11.5 Å². The third-order valence-electron chi connectivity index (χ3n) is 2.34. The number of rotatable bonds is 3. The number of carbonyl (C=O) groups is 1. The van der Waals surface area contributed by atoms with Crippen molar-refractivity contribution in [3.8, 4) is 11.3 Å². The van der Waals surface area contributed by atoms with Crippen LogP contribution in [0.5, 0.6) is 0 Å². The minimum atomic E-state index is -0.406. The summed E-state index contributed by atoms with van der Waals surface area (Å²) in [5.41, 5.74) is 0.982. The molecule has 2 aromatic rings. The Bertz CT molecular complexity index is 567. The summed E-state index contributed by atoms with van der Waals surface area (Å²) in [4.78, 5) is 10.9. The lowest BCUT2D eigenvalue weighted by Gasteiger charge is -1.96. The van der Waals surface area contributed by atoms with Crippen molar-refractivity contribution in [1.29, 1.82) is 0 Å². The highest BCUT2D eigenvalue weighted by Crippen LogP contribution is 2.24. The first kappa shape index (κ1) is 12.6. The monoisotopic (exact) mass is 306 g/mol. The van der Waals surface area contributed by atoms with Crippen LogP contribution < -0.4 is 0 Å². The van der Waals surface area contributed by atoms with Crippen molar-refractivity contribution in [1.82, 2.24) is 0 Å². The van der Waals surface area contributed by atoms with E-state index < -0.39 is 5.97 Å². The Kier molecular flexibility index (Phi) is 3.99. The minimum absolute atomic E-state index is 0.406. The van der Waals surface area contributed by atoms with E-state index in [1.165, 1.54) is 13.2 Å². The van der Waals surface area contributed by atoms with Gasteiger partial charge >= 0.3 is 5.97 Å². The molecule has 0 bridgehead atoms. The maximum absolute atomic E-state index is 10.9. The van der Waals surface area contributed by atoms with Gasteiger partial charge < -0.3 is 9.15 Å². The number of esters is 1. The Morgan fingerprint density at radius 2 is 1.94 bits per heavy atom. The van der Waals surface area contributed by atoms with Crippen LogP contribution in [0.4, 0.5) is 0 Å². The first-order valence-electron chi connectivity index (χ1n) is 5.31. The molecule has 0 aliphatic carbocycles. The molecule has 0 amide bonds. The second-order valence-corrected chi connectivity index (χ2v) is 4.48. The Morgan fingerprint density at radius 3 is 2.61 bits per heavy atom. The van der Waals surface area contributed by atoms with Crippen molar-refractivity contribution >= 4 is 28.0 Å². The Hall–Kier alpha value is -1.81. The fraction of sp³-hybridized carbons (Fsp3) is 0.0714. The average molecular weight is 307 g/mol. The van der Waals surface area contributed by atoms with Crippen molar-refractivity contribution < 1.29 is 13.9 Å². The lowest BCUT2D eigenvalue weighted by molar-refractivity contribution is -0.134. The van der Waals surface area contributed by atoms with Crippen LogP contribution in [0, 0.1) is 0 Å². The Balaban J connectivity index is 2.18. The molecule has 1 aromatic carbocycles. The molecule has 0 aliphatic rings. The van der Waals surface area contributed by atoms with E-state index >= 15 is 0 Å². The lowest BCUT2D eigenvalue weighted by atomic mass is 10.2. The molecule has 0 unspecified atom stereocenters. The van der Waals surface area contributed by atoms with Gasteiger partial charge in [-0.15, -0.1) is 0 Å². The summed E-state index contributed by atoms with van der Waals surface area (Å²) in [5, 5.41) is 0. The summed E-state index contributed by atoms with van der Waals surface area (Å²) in [6.07, 6.45) is 2.90. The molecular weight excluding hydrogens is 296 g/mol. The van der Waals surface area contributed by atoms with Crippen molar-refractivity contribution in [2.24, 2.45) is 0 Å². The highest BCUT2D eigenvalue weighted by atomic mass is 79.9. The van der Waals surface area contributed by atoms with Crippen LogP contribution >= 0.6 is 15.9 Å². The van der Waals surface area contributed by atoms with Crippen molar-refractivity contribution in [3.63, 3.8) is 0 Å². The Morgan fingerprint density at radius 1 is 1.22 bits per heavy atom. The van der Waals surface area contributed by atoms with Gasteiger partial charge in [-0.05, 0) is 30.3 Å². The van der Waals surface area contributed by atoms with Gasteiger partial charge in [0.05, 0.1) is 7.11 Å². The summed E-state index contributed by atoms with van der Waals surface area (Å²) in [7, 11) is 1.34. The predicted octanol–water partition coefficient (Wildman–Crippen LogP) is 3.90. The van der Waals surface area contributed by atoms with Gasteiger partial charge in [0.25, 0.3) is 0 Å². The summed E-state index contributed by atoms with van der Waals surface area (Å²) < 4.78 is 11.1. The van der Waals surface area contributed by atoms with Crippen LogP contribution in [-0.2, 0) is 9.53 Å². The van der Waals surface area contributed by atoms with Gasteiger partial charge in [-0.2, -0.15) is 0 Å². The lowest BCUT2D eigenvalue weighted by Crippen LogP contribution is -1.92. The second-order valence-electron chi connectivity index (χ2n) is 3.57. The molecule has 0 saturated carbocycles. The molecule has 92 valence electrons. The maximum Gasteiger partial charge on any atom is 0.330 e. The molecule has 0 aliphatic heterocycles. The molecule has 1 aromatic heterocycles. The highest BCUT2D eigenvalue weighted by molar-refractivity contribution is 9.10. The molecule has 4 heteroatoms. The minimum Gasteiger partial charge on any atom is -0.466 e. The van der Waals surface area contributed by atoms with Crippen LogP contribution in [0.1, 0.15) is 5.76 Å². The normalized spacial score (nSPS) is 10.8. The van der Waals surface area contributed by atoms with E-state index in [2.05, 4.69) is 20.7 Å². The zero-order valence-electron chi connectivity index (χ0n) is 9.72. The molecule has 1 heterocycles. The highest BCUT2D eigenvalue weighted by Gasteiger charge is 2.03. The average Bonchev–Trinajstić information content (AvgIpc) is 2.85. The number of hydrogen-bond acceptors (Lipinski definition) is 3. The molecule has 0 fully saturated rings. The number of methoxy groups -OCH3 is 1. The fourth-order valence-corrected chi connectivity index (χ4v) is 1.69. The molecule has 0 N–H and O–H groups in total. The van der Waals surface area contributed by atoms with E-state index in [0.29, 0.717) is 5.76 Å². The summed E-state index contributed by atoms with van der Waals surface area (Å²) in [5.74, 6) is 0.960. The van der Waals surface area contributed by atoms with E-state index in [9.17, 15) is 4.79 Å². The summed E-state index contributed by atoms with van der Waals surface area (Å²) >= 11 is 3.38. The molecule has 18 heavy (non-hydrogen) atoms. The topological polar surface area (TPSA) is 39.4 Å². The number of ether oxygens (including phenoxy) is 1. The molecule has 3 nitrogen and oxygen atoms in total. The summed E-state index contributed by atoms with van der Waals surface area (Å²) in [6, 6.07) is 11.5. The zero-order chi connectivity index (χ0) is 13.0. The van der Waals surface area contributed by atoms with Crippen LogP contribution in [0.15, 0.2) is 51.4 Å². The van der Waals surface area contributed by atoms with Gasteiger partial charge in [0.2, 0.25) is 0 Å². The van der Waals surface area contributed by atoms with Crippen molar-refractivity contribution in [2.75, 3.05) is 7.11 Å². The van der Waals surface area contributed by atoms with E-state index in [-0.39, 0.29) is 0 Å². The molecule has 0 saturated heterocycles. The first-order valence-corrected chi connectivity index (χ1v) is 6.10. The van der Waals surface area contributed by atoms with Gasteiger partial charge in [-0.25, -0.2) is 4.79 Å². The van der Waals surface area contributed by atoms with E-state index in [4.69, 9.17) is 4.42 Å². The largest absolute Gasteiger partial charge is 0.466 e. The molecule has 2 rings (SSSR count). The van der Waals surface area contributed by atoms with Gasteiger partial charge in [-0.3, -0.25) is 0 Å². The number of carbonyl (C=O) groups excluding carboxylic acids is 1. The molecule has 0 radical (unpaired) electrons. The van der Waals surface area contributed by atoms with Crippen LogP contribution in [0.2, 0.25) is 0 Å². The van der Waals surface area contributed by atoms with E-state index in [1.807, 2.05) is 30.3 Å². The quantitative estimate of drug-likeness (QED) is 0.638. The summed E-state index contributed by atoms with van der Waals surface area (Å²) in [6.45, 7) is 0. The first-order chi connectivity index (χ1) is 8.69. The third kappa shape index (κ3) is 3.11. The molecule has 0 atom stereocenters. The van der Waals surface area contributed by atoms with Crippen molar-refractivity contribution in [2.45, 2.75) is 0 Å². The maximum atomic E-state index is 10.9. The zero-order valence-corrected chi connectivity index (χ0v) is 11.3. The SMILES string of the molecule is COC(=O)/C=C/c1ccc(-c2ccc(Br)cc2)o1. The Labute approximate surface area is 113 Å². The van der Waals surface area contributed by atoms with Crippen LogP contribution in [0.25, 0.3) is 17.4 Å². The molecular formula is C14H11BrO3. The fourth-order valence-electron chi connectivity index (χ4n) is 1.43. The standard InChI is InChI=1S/C14H11BrO3/c1-17-14(16)9-7-12-6-8-13(18-12)10-2-4-11(15)5-3-10/h2-9H,1H3/b9-7+.